The zero-order valence-electron chi connectivity index (χ0n) is 16.9. The van der Waals surface area contributed by atoms with Gasteiger partial charge in [0.25, 0.3) is 5.91 Å². The number of ether oxygens (including phenoxy) is 3. The number of hydrogen-bond acceptors (Lipinski definition) is 6. The molecule has 1 aromatic heterocycles. The molecule has 0 aliphatic rings. The predicted octanol–water partition coefficient (Wildman–Crippen LogP) is 3.45. The highest BCUT2D eigenvalue weighted by Crippen LogP contribution is 2.22. The first-order valence-electron chi connectivity index (χ1n) is 9.48. The predicted molar refractivity (Wildman–Crippen MR) is 110 cm³/mol. The van der Waals surface area contributed by atoms with Gasteiger partial charge in [0, 0.05) is 6.07 Å². The van der Waals surface area contributed by atoms with E-state index in [1.54, 1.807) is 31.2 Å². The second-order valence-corrected chi connectivity index (χ2v) is 7.22. The van der Waals surface area contributed by atoms with E-state index < -0.39 is 23.5 Å². The first-order valence-corrected chi connectivity index (χ1v) is 10.3. The SMILES string of the molecule is CCOC(=O)Cn1c(=NC(=O)COc2ccc(OCC)cc2)sc2cc(F)cc(F)c21. The van der Waals surface area contributed by atoms with Crippen molar-refractivity contribution in [1.82, 2.24) is 4.57 Å². The summed E-state index contributed by atoms with van der Waals surface area (Å²) in [6.07, 6.45) is 0. The molecule has 0 aliphatic heterocycles. The van der Waals surface area contributed by atoms with Gasteiger partial charge in [-0.3, -0.25) is 9.59 Å². The molecule has 0 fully saturated rings. The number of amides is 1. The normalized spacial score (nSPS) is 11.5. The van der Waals surface area contributed by atoms with Gasteiger partial charge in [-0.2, -0.15) is 4.99 Å². The lowest BCUT2D eigenvalue weighted by atomic mass is 10.3. The summed E-state index contributed by atoms with van der Waals surface area (Å²) in [4.78, 5) is 28.3. The number of rotatable bonds is 8. The van der Waals surface area contributed by atoms with E-state index in [0.717, 1.165) is 17.4 Å². The molecule has 10 heteroatoms. The van der Waals surface area contributed by atoms with E-state index >= 15 is 0 Å². The number of halogens is 2. The Bertz CT molecular complexity index is 1160. The van der Waals surface area contributed by atoms with Crippen molar-refractivity contribution < 1.29 is 32.6 Å². The molecule has 0 bridgehead atoms. The molecule has 1 amide bonds. The molecule has 1 heterocycles. The van der Waals surface area contributed by atoms with Crippen LogP contribution >= 0.6 is 11.3 Å². The third-order valence-electron chi connectivity index (χ3n) is 4.01. The van der Waals surface area contributed by atoms with Crippen LogP contribution < -0.4 is 14.3 Å². The molecular formula is C21H20F2N2O5S. The highest BCUT2D eigenvalue weighted by atomic mass is 32.1. The molecule has 0 spiro atoms. The van der Waals surface area contributed by atoms with Crippen molar-refractivity contribution >= 4 is 33.4 Å². The Morgan fingerprint density at radius 1 is 1.03 bits per heavy atom. The summed E-state index contributed by atoms with van der Waals surface area (Å²) in [5.74, 6) is -1.81. The Hall–Kier alpha value is -3.27. The standard InChI is InChI=1S/C21H20F2N2O5S/c1-3-28-14-5-7-15(8-6-14)30-12-18(26)24-21-25(11-19(27)29-4-2)20-16(23)9-13(22)10-17(20)31-21/h5-10H,3-4,11-12H2,1-2H3. The number of hydrogen-bond donors (Lipinski definition) is 0. The monoisotopic (exact) mass is 450 g/mol. The fourth-order valence-electron chi connectivity index (χ4n) is 2.78. The van der Waals surface area contributed by atoms with Crippen LogP contribution in [0.5, 0.6) is 11.5 Å². The molecule has 2 aromatic carbocycles. The van der Waals surface area contributed by atoms with Gasteiger partial charge in [-0.25, -0.2) is 8.78 Å². The lowest BCUT2D eigenvalue weighted by Crippen LogP contribution is -2.24. The van der Waals surface area contributed by atoms with Crippen LogP contribution in [-0.2, 0) is 20.9 Å². The zero-order chi connectivity index (χ0) is 22.4. The lowest BCUT2D eigenvalue weighted by molar-refractivity contribution is -0.143. The van der Waals surface area contributed by atoms with Gasteiger partial charge in [0.15, 0.2) is 17.2 Å². The van der Waals surface area contributed by atoms with E-state index in [0.29, 0.717) is 24.2 Å². The van der Waals surface area contributed by atoms with Crippen molar-refractivity contribution in [3.05, 3.63) is 52.8 Å². The largest absolute Gasteiger partial charge is 0.494 e. The third-order valence-corrected chi connectivity index (χ3v) is 5.03. The molecule has 164 valence electrons. The fourth-order valence-corrected chi connectivity index (χ4v) is 3.87. The Labute approximate surface area is 180 Å². The minimum atomic E-state index is -0.866. The number of aromatic nitrogens is 1. The zero-order valence-corrected chi connectivity index (χ0v) is 17.7. The summed E-state index contributed by atoms with van der Waals surface area (Å²) in [6, 6.07) is 8.53. The van der Waals surface area contributed by atoms with Crippen LogP contribution in [0.3, 0.4) is 0 Å². The first-order chi connectivity index (χ1) is 14.9. The minimum Gasteiger partial charge on any atom is -0.494 e. The van der Waals surface area contributed by atoms with Gasteiger partial charge in [-0.15, -0.1) is 0 Å². The molecule has 0 saturated carbocycles. The quantitative estimate of drug-likeness (QED) is 0.491. The van der Waals surface area contributed by atoms with Gasteiger partial charge in [-0.1, -0.05) is 11.3 Å². The number of esters is 1. The van der Waals surface area contributed by atoms with Crippen LogP contribution in [0, 0.1) is 11.6 Å². The van der Waals surface area contributed by atoms with E-state index in [4.69, 9.17) is 14.2 Å². The molecule has 3 aromatic rings. The highest BCUT2D eigenvalue weighted by molar-refractivity contribution is 7.16. The van der Waals surface area contributed by atoms with Crippen LogP contribution in [0.2, 0.25) is 0 Å². The van der Waals surface area contributed by atoms with E-state index in [1.165, 1.54) is 4.57 Å². The van der Waals surface area contributed by atoms with Crippen molar-refractivity contribution in [2.45, 2.75) is 20.4 Å². The van der Waals surface area contributed by atoms with E-state index in [1.807, 2.05) is 6.92 Å². The Kier molecular flexibility index (Phi) is 7.35. The Morgan fingerprint density at radius 3 is 2.35 bits per heavy atom. The molecular weight excluding hydrogens is 430 g/mol. The van der Waals surface area contributed by atoms with Gasteiger partial charge < -0.3 is 18.8 Å². The van der Waals surface area contributed by atoms with Gasteiger partial charge in [0.05, 0.1) is 23.4 Å². The van der Waals surface area contributed by atoms with Gasteiger partial charge in [0.1, 0.15) is 23.9 Å². The van der Waals surface area contributed by atoms with Crippen molar-refractivity contribution in [2.24, 2.45) is 4.99 Å². The lowest BCUT2D eigenvalue weighted by Gasteiger charge is -2.07. The fraction of sp³-hybridized carbons (Fsp3) is 0.286. The summed E-state index contributed by atoms with van der Waals surface area (Å²) in [5, 5.41) is 0. The van der Waals surface area contributed by atoms with Crippen molar-refractivity contribution in [3.63, 3.8) is 0 Å². The van der Waals surface area contributed by atoms with Gasteiger partial charge in [0.2, 0.25) is 0 Å². The number of benzene rings is 2. The molecule has 0 N–H and O–H groups in total. The van der Waals surface area contributed by atoms with E-state index in [2.05, 4.69) is 4.99 Å². The Balaban J connectivity index is 1.86. The number of thiazole rings is 1. The van der Waals surface area contributed by atoms with Crippen molar-refractivity contribution in [1.29, 1.82) is 0 Å². The number of carbonyl (C=O) groups is 2. The molecule has 0 atom stereocenters. The molecule has 7 nitrogen and oxygen atoms in total. The number of carbonyl (C=O) groups excluding carboxylic acids is 2. The van der Waals surface area contributed by atoms with Crippen LogP contribution in [0.4, 0.5) is 8.78 Å². The second kappa shape index (κ2) is 10.2. The van der Waals surface area contributed by atoms with E-state index in [-0.39, 0.29) is 34.8 Å². The van der Waals surface area contributed by atoms with Crippen LogP contribution in [-0.4, -0.2) is 36.3 Å². The Morgan fingerprint density at radius 2 is 1.71 bits per heavy atom. The smallest absolute Gasteiger partial charge is 0.326 e. The maximum Gasteiger partial charge on any atom is 0.326 e. The first kappa shape index (κ1) is 22.4. The molecule has 0 aliphatic carbocycles. The highest BCUT2D eigenvalue weighted by Gasteiger charge is 2.17. The summed E-state index contributed by atoms with van der Waals surface area (Å²) >= 11 is 0.885. The maximum atomic E-state index is 14.4. The van der Waals surface area contributed by atoms with Crippen molar-refractivity contribution in [3.8, 4) is 11.5 Å². The minimum absolute atomic E-state index is 0.0292. The summed E-state index contributed by atoms with van der Waals surface area (Å²) in [7, 11) is 0. The summed E-state index contributed by atoms with van der Waals surface area (Å²) in [6.45, 7) is 3.42. The molecule has 31 heavy (non-hydrogen) atoms. The van der Waals surface area contributed by atoms with Crippen molar-refractivity contribution in [2.75, 3.05) is 19.8 Å². The second-order valence-electron chi connectivity index (χ2n) is 6.21. The molecule has 0 radical (unpaired) electrons. The molecule has 0 saturated heterocycles. The number of fused-ring (bicyclic) bond motifs is 1. The molecule has 0 unspecified atom stereocenters. The summed E-state index contributed by atoms with van der Waals surface area (Å²) < 4.78 is 45.1. The third kappa shape index (κ3) is 5.66. The van der Waals surface area contributed by atoms with Crippen LogP contribution in [0.15, 0.2) is 41.4 Å². The topological polar surface area (TPSA) is 79.1 Å². The average molecular weight is 450 g/mol. The average Bonchev–Trinajstić information content (AvgIpc) is 3.04. The van der Waals surface area contributed by atoms with E-state index in [9.17, 15) is 18.4 Å². The maximum absolute atomic E-state index is 14.4. The molecule has 3 rings (SSSR count). The summed E-state index contributed by atoms with van der Waals surface area (Å²) in [5.41, 5.74) is -0.0292. The van der Waals surface area contributed by atoms with Crippen LogP contribution in [0.25, 0.3) is 10.2 Å². The van der Waals surface area contributed by atoms with Gasteiger partial charge in [-0.05, 0) is 44.2 Å². The van der Waals surface area contributed by atoms with Crippen LogP contribution in [0.1, 0.15) is 13.8 Å². The van der Waals surface area contributed by atoms with Gasteiger partial charge >= 0.3 is 5.97 Å². The number of nitrogens with zero attached hydrogens (tertiary/aromatic N) is 2.